The number of esters is 1. The number of carbonyl (C=O) groups is 2. The summed E-state index contributed by atoms with van der Waals surface area (Å²) in [5, 5.41) is 14.2. The number of hydrogen-bond donors (Lipinski definition) is 1. The summed E-state index contributed by atoms with van der Waals surface area (Å²) in [6.07, 6.45) is 0.880. The first-order chi connectivity index (χ1) is 19.2. The van der Waals surface area contributed by atoms with E-state index in [-0.39, 0.29) is 23.0 Å². The van der Waals surface area contributed by atoms with Gasteiger partial charge in [0.1, 0.15) is 16.4 Å². The first-order valence-electron chi connectivity index (χ1n) is 11.8. The number of nitrogens with zero attached hydrogens (tertiary/aromatic N) is 3. The molecule has 2 aromatic heterocycles. The predicted molar refractivity (Wildman–Crippen MR) is 151 cm³/mol. The van der Waals surface area contributed by atoms with Crippen LogP contribution in [0.4, 0.5) is 13.8 Å². The van der Waals surface area contributed by atoms with E-state index in [9.17, 15) is 18.4 Å². The van der Waals surface area contributed by atoms with Gasteiger partial charge in [0.15, 0.2) is 28.7 Å². The minimum Gasteiger partial charge on any atom is -0.480 e. The Bertz CT molecular complexity index is 1540. The molecular weight excluding hydrogens is 582 g/mol. The second kappa shape index (κ2) is 13.1. The molecule has 0 aliphatic heterocycles. The van der Waals surface area contributed by atoms with E-state index in [1.165, 1.54) is 24.5 Å². The van der Waals surface area contributed by atoms with Crippen LogP contribution >= 0.6 is 34.7 Å². The van der Waals surface area contributed by atoms with E-state index in [4.69, 9.17) is 21.1 Å². The van der Waals surface area contributed by atoms with Crippen molar-refractivity contribution in [2.75, 3.05) is 18.2 Å². The van der Waals surface area contributed by atoms with Crippen LogP contribution in [0.2, 0.25) is 5.02 Å². The van der Waals surface area contributed by atoms with Crippen molar-refractivity contribution in [2.45, 2.75) is 24.7 Å². The normalized spacial score (nSPS) is 11.6. The number of rotatable bonds is 11. The molecule has 0 bridgehead atoms. The molecule has 0 spiro atoms. The van der Waals surface area contributed by atoms with E-state index < -0.39 is 23.7 Å². The molecule has 1 amide bonds. The molecule has 0 fully saturated rings. The van der Waals surface area contributed by atoms with Crippen molar-refractivity contribution in [3.8, 4) is 16.9 Å². The van der Waals surface area contributed by atoms with Crippen LogP contribution in [-0.4, -0.2) is 39.5 Å². The van der Waals surface area contributed by atoms with E-state index in [0.717, 1.165) is 29.5 Å². The van der Waals surface area contributed by atoms with Crippen LogP contribution in [0, 0.1) is 11.6 Å². The average molecular weight is 605 g/mol. The van der Waals surface area contributed by atoms with E-state index in [1.54, 1.807) is 47.2 Å². The standard InChI is InChI=1S/C27H23ClF2N4O4S2/c1-4-11-34-24(15(2)38-21-10-9-18(29)12-20(21)30)32-33-27(34)40-14-22(35)31-25-23(26(36)37-3)19(13-39-25)16-5-7-17(28)8-6-16/h4-10,12-13,15H,1,11,14H2,2-3H3,(H,31,35). The summed E-state index contributed by atoms with van der Waals surface area (Å²) >= 11 is 8.30. The highest BCUT2D eigenvalue weighted by atomic mass is 35.5. The SMILES string of the molecule is C=CCn1c(SCC(=O)Nc2scc(-c3ccc(Cl)cc3)c2C(=O)OC)nnc1C(C)Oc1ccc(F)cc1F. The highest BCUT2D eigenvalue weighted by Gasteiger charge is 2.24. The smallest absolute Gasteiger partial charge is 0.341 e. The molecule has 0 aliphatic rings. The van der Waals surface area contributed by atoms with Gasteiger partial charge in [0.25, 0.3) is 0 Å². The van der Waals surface area contributed by atoms with Gasteiger partial charge in [-0.15, -0.1) is 28.1 Å². The number of ether oxygens (including phenoxy) is 2. The summed E-state index contributed by atoms with van der Waals surface area (Å²) in [5.41, 5.74) is 1.60. The fourth-order valence-electron chi connectivity index (χ4n) is 3.71. The number of hydrogen-bond acceptors (Lipinski definition) is 8. The Morgan fingerprint density at radius 3 is 2.65 bits per heavy atom. The van der Waals surface area contributed by atoms with Gasteiger partial charge in [-0.25, -0.2) is 13.6 Å². The maximum absolute atomic E-state index is 14.1. The molecule has 1 unspecified atom stereocenters. The molecule has 40 heavy (non-hydrogen) atoms. The number of anilines is 1. The molecule has 13 heteroatoms. The summed E-state index contributed by atoms with van der Waals surface area (Å²) < 4.78 is 39.6. The molecule has 8 nitrogen and oxygen atoms in total. The van der Waals surface area contributed by atoms with Gasteiger partial charge < -0.3 is 14.8 Å². The van der Waals surface area contributed by atoms with Gasteiger partial charge >= 0.3 is 5.97 Å². The number of benzene rings is 2. The number of methoxy groups -OCH3 is 1. The van der Waals surface area contributed by atoms with Crippen LogP contribution in [-0.2, 0) is 16.1 Å². The Labute approximate surface area is 242 Å². The quantitative estimate of drug-likeness (QED) is 0.114. The van der Waals surface area contributed by atoms with Crippen molar-refractivity contribution in [3.05, 3.63) is 88.5 Å². The second-order valence-corrected chi connectivity index (χ2v) is 10.5. The molecule has 4 rings (SSSR count). The number of allylic oxidation sites excluding steroid dienone is 1. The third-order valence-corrected chi connectivity index (χ3v) is 7.65. The number of thioether (sulfide) groups is 1. The molecule has 0 saturated heterocycles. The predicted octanol–water partition coefficient (Wildman–Crippen LogP) is 6.78. The van der Waals surface area contributed by atoms with Gasteiger partial charge in [0, 0.05) is 28.6 Å². The molecule has 2 heterocycles. The Kier molecular flexibility index (Phi) is 9.56. The number of halogens is 3. The molecule has 4 aromatic rings. The zero-order valence-electron chi connectivity index (χ0n) is 21.3. The van der Waals surface area contributed by atoms with Gasteiger partial charge in [-0.2, -0.15) is 0 Å². The lowest BCUT2D eigenvalue weighted by atomic mass is 10.0. The fourth-order valence-corrected chi connectivity index (χ4v) is 5.57. The van der Waals surface area contributed by atoms with Crippen molar-refractivity contribution in [3.63, 3.8) is 0 Å². The van der Waals surface area contributed by atoms with Gasteiger partial charge in [-0.1, -0.05) is 41.6 Å². The minimum absolute atomic E-state index is 0.0497. The first-order valence-corrected chi connectivity index (χ1v) is 14.0. The van der Waals surface area contributed by atoms with Crippen LogP contribution in [0.5, 0.6) is 5.75 Å². The number of carbonyl (C=O) groups excluding carboxylic acids is 2. The first kappa shape index (κ1) is 29.2. The van der Waals surface area contributed by atoms with E-state index >= 15 is 0 Å². The number of aromatic nitrogens is 3. The summed E-state index contributed by atoms with van der Waals surface area (Å²) in [6, 6.07) is 9.99. The Hall–Kier alpha value is -3.74. The third kappa shape index (κ3) is 6.69. The molecule has 208 valence electrons. The summed E-state index contributed by atoms with van der Waals surface area (Å²) in [7, 11) is 1.27. The second-order valence-electron chi connectivity index (χ2n) is 8.26. The van der Waals surface area contributed by atoms with E-state index in [1.807, 2.05) is 0 Å². The number of amides is 1. The van der Waals surface area contributed by atoms with Crippen LogP contribution in [0.1, 0.15) is 29.2 Å². The molecule has 1 N–H and O–H groups in total. The van der Waals surface area contributed by atoms with Crippen molar-refractivity contribution < 1.29 is 27.8 Å². The fraction of sp³-hybridized carbons (Fsp3) is 0.185. The Balaban J connectivity index is 1.48. The molecular formula is C27H23ClF2N4O4S2. The monoisotopic (exact) mass is 604 g/mol. The Morgan fingerprint density at radius 1 is 1.23 bits per heavy atom. The lowest BCUT2D eigenvalue weighted by Gasteiger charge is -2.16. The third-order valence-electron chi connectivity index (χ3n) is 5.54. The van der Waals surface area contributed by atoms with Crippen molar-refractivity contribution in [2.24, 2.45) is 0 Å². The summed E-state index contributed by atoms with van der Waals surface area (Å²) in [4.78, 5) is 25.5. The van der Waals surface area contributed by atoms with E-state index in [0.29, 0.717) is 33.1 Å². The number of thiophene rings is 1. The van der Waals surface area contributed by atoms with Crippen LogP contribution in [0.3, 0.4) is 0 Å². The lowest BCUT2D eigenvalue weighted by Crippen LogP contribution is -2.17. The molecule has 0 aliphatic carbocycles. The van der Waals surface area contributed by atoms with Crippen molar-refractivity contribution >= 4 is 51.6 Å². The summed E-state index contributed by atoms with van der Waals surface area (Å²) in [5.74, 6) is -2.34. The largest absolute Gasteiger partial charge is 0.480 e. The maximum Gasteiger partial charge on any atom is 0.341 e. The summed E-state index contributed by atoms with van der Waals surface area (Å²) in [6.45, 7) is 5.69. The highest BCUT2D eigenvalue weighted by molar-refractivity contribution is 7.99. The molecule has 0 radical (unpaired) electrons. The van der Waals surface area contributed by atoms with Gasteiger partial charge in [-0.05, 0) is 36.8 Å². The average Bonchev–Trinajstić information content (AvgIpc) is 3.53. The van der Waals surface area contributed by atoms with Crippen LogP contribution < -0.4 is 10.1 Å². The van der Waals surface area contributed by atoms with Gasteiger partial charge in [0.2, 0.25) is 5.91 Å². The maximum atomic E-state index is 14.1. The molecule has 1 atom stereocenters. The minimum atomic E-state index is -0.841. The van der Waals surface area contributed by atoms with Crippen LogP contribution in [0.15, 0.2) is 65.7 Å². The zero-order chi connectivity index (χ0) is 28.8. The molecule has 2 aromatic carbocycles. The van der Waals surface area contributed by atoms with Gasteiger partial charge in [0.05, 0.1) is 12.9 Å². The Morgan fingerprint density at radius 2 is 1.98 bits per heavy atom. The lowest BCUT2D eigenvalue weighted by molar-refractivity contribution is -0.113. The number of nitrogens with one attached hydrogen (secondary N) is 1. The van der Waals surface area contributed by atoms with Crippen molar-refractivity contribution in [1.29, 1.82) is 0 Å². The highest BCUT2D eigenvalue weighted by Crippen LogP contribution is 2.37. The topological polar surface area (TPSA) is 95.3 Å². The van der Waals surface area contributed by atoms with Crippen LogP contribution in [0.25, 0.3) is 11.1 Å². The van der Waals surface area contributed by atoms with E-state index in [2.05, 4.69) is 22.1 Å². The van der Waals surface area contributed by atoms with Crippen molar-refractivity contribution in [1.82, 2.24) is 14.8 Å². The van der Waals surface area contributed by atoms with Gasteiger partial charge in [-0.3, -0.25) is 9.36 Å². The zero-order valence-corrected chi connectivity index (χ0v) is 23.7. The molecule has 0 saturated carbocycles.